The minimum Gasteiger partial charge on any atom is -0.316 e. The third-order valence-corrected chi connectivity index (χ3v) is 5.24. The van der Waals surface area contributed by atoms with E-state index in [4.69, 9.17) is 0 Å². The van der Waals surface area contributed by atoms with Gasteiger partial charge in [-0.25, -0.2) is 0 Å². The van der Waals surface area contributed by atoms with Crippen LogP contribution in [0, 0.1) is 11.3 Å². The Bertz CT molecular complexity index is 233. The van der Waals surface area contributed by atoms with Crippen LogP contribution < -0.4 is 5.32 Å². The summed E-state index contributed by atoms with van der Waals surface area (Å²) >= 11 is 2.10. The molecule has 1 rings (SSSR count). The van der Waals surface area contributed by atoms with Crippen molar-refractivity contribution in [1.82, 2.24) is 10.2 Å². The molecule has 0 amide bonds. The molecule has 108 valence electrons. The monoisotopic (exact) mass is 272 g/mol. The highest BCUT2D eigenvalue weighted by Gasteiger charge is 2.28. The van der Waals surface area contributed by atoms with Crippen molar-refractivity contribution in [2.45, 2.75) is 47.1 Å². The highest BCUT2D eigenvalue weighted by molar-refractivity contribution is 7.99. The van der Waals surface area contributed by atoms with Crippen LogP contribution in [0.5, 0.6) is 0 Å². The Kier molecular flexibility index (Phi) is 7.04. The van der Waals surface area contributed by atoms with Crippen LogP contribution in [0.3, 0.4) is 0 Å². The lowest BCUT2D eigenvalue weighted by molar-refractivity contribution is 0.131. The van der Waals surface area contributed by atoms with Crippen molar-refractivity contribution in [3.63, 3.8) is 0 Å². The third-order valence-electron chi connectivity index (χ3n) is 4.05. The Labute approximate surface area is 118 Å². The van der Waals surface area contributed by atoms with E-state index in [1.807, 2.05) is 0 Å². The Balaban J connectivity index is 2.42. The van der Waals surface area contributed by atoms with E-state index in [1.165, 1.54) is 31.0 Å². The Morgan fingerprint density at radius 1 is 1.44 bits per heavy atom. The van der Waals surface area contributed by atoms with Crippen LogP contribution in [0.1, 0.15) is 41.0 Å². The van der Waals surface area contributed by atoms with Gasteiger partial charge >= 0.3 is 0 Å². The summed E-state index contributed by atoms with van der Waals surface area (Å²) in [6.07, 6.45) is 1.26. The molecule has 2 atom stereocenters. The zero-order chi connectivity index (χ0) is 13.6. The molecule has 1 N–H and O–H groups in total. The molecule has 0 radical (unpaired) electrons. The summed E-state index contributed by atoms with van der Waals surface area (Å²) in [5.74, 6) is 3.36. The first-order chi connectivity index (χ1) is 8.47. The molecule has 1 saturated heterocycles. The molecule has 18 heavy (non-hydrogen) atoms. The summed E-state index contributed by atoms with van der Waals surface area (Å²) in [6.45, 7) is 16.5. The Morgan fingerprint density at radius 2 is 2.17 bits per heavy atom. The van der Waals surface area contributed by atoms with Crippen molar-refractivity contribution in [2.75, 3.05) is 37.7 Å². The van der Waals surface area contributed by atoms with Gasteiger partial charge in [-0.1, -0.05) is 27.7 Å². The average molecular weight is 273 g/mol. The molecule has 1 aliphatic heterocycles. The van der Waals surface area contributed by atoms with Gasteiger partial charge in [0.15, 0.2) is 0 Å². The summed E-state index contributed by atoms with van der Waals surface area (Å²) in [7, 11) is 0. The fraction of sp³-hybridized carbons (Fsp3) is 1.00. The van der Waals surface area contributed by atoms with Gasteiger partial charge in [-0.2, -0.15) is 11.8 Å². The zero-order valence-corrected chi connectivity index (χ0v) is 13.8. The molecule has 1 fully saturated rings. The molecular weight excluding hydrogens is 240 g/mol. The molecule has 1 aliphatic rings. The summed E-state index contributed by atoms with van der Waals surface area (Å²) < 4.78 is 0. The van der Waals surface area contributed by atoms with Gasteiger partial charge in [0, 0.05) is 37.2 Å². The van der Waals surface area contributed by atoms with Gasteiger partial charge in [-0.3, -0.25) is 4.90 Å². The van der Waals surface area contributed by atoms with Gasteiger partial charge in [0.2, 0.25) is 0 Å². The summed E-state index contributed by atoms with van der Waals surface area (Å²) in [5.41, 5.74) is 0.422. The number of nitrogens with zero attached hydrogens (tertiary/aromatic N) is 1. The largest absolute Gasteiger partial charge is 0.316 e. The topological polar surface area (TPSA) is 15.3 Å². The lowest BCUT2D eigenvalue weighted by atomic mass is 9.86. The molecule has 0 saturated carbocycles. The summed E-state index contributed by atoms with van der Waals surface area (Å²) in [6, 6.07) is 0.750. The van der Waals surface area contributed by atoms with E-state index in [2.05, 4.69) is 56.6 Å². The van der Waals surface area contributed by atoms with E-state index in [9.17, 15) is 0 Å². The molecule has 0 aliphatic carbocycles. The number of rotatable bonds is 7. The van der Waals surface area contributed by atoms with Crippen LogP contribution in [0.4, 0.5) is 0 Å². The summed E-state index contributed by atoms with van der Waals surface area (Å²) in [4.78, 5) is 2.69. The maximum atomic E-state index is 3.65. The van der Waals surface area contributed by atoms with Gasteiger partial charge in [0.05, 0.1) is 0 Å². The van der Waals surface area contributed by atoms with E-state index in [0.717, 1.165) is 25.0 Å². The number of hydrogen-bond donors (Lipinski definition) is 1. The first-order valence-corrected chi connectivity index (χ1v) is 8.65. The van der Waals surface area contributed by atoms with Crippen molar-refractivity contribution in [3.05, 3.63) is 0 Å². The van der Waals surface area contributed by atoms with Crippen molar-refractivity contribution in [3.8, 4) is 0 Å². The van der Waals surface area contributed by atoms with E-state index in [0.29, 0.717) is 5.41 Å². The van der Waals surface area contributed by atoms with E-state index >= 15 is 0 Å². The molecule has 0 spiro atoms. The van der Waals surface area contributed by atoms with Crippen LogP contribution in [0.15, 0.2) is 0 Å². The second-order valence-electron chi connectivity index (χ2n) is 6.58. The molecule has 3 heteroatoms. The zero-order valence-electron chi connectivity index (χ0n) is 13.0. The number of nitrogens with one attached hydrogen (secondary N) is 1. The number of thioether (sulfide) groups is 1. The van der Waals surface area contributed by atoms with Crippen molar-refractivity contribution in [1.29, 1.82) is 0 Å². The quantitative estimate of drug-likeness (QED) is 0.767. The van der Waals surface area contributed by atoms with Gasteiger partial charge in [0.25, 0.3) is 0 Å². The SMILES string of the molecule is CCC(C)(CNCC(C)C)CN1CCSCC1C. The van der Waals surface area contributed by atoms with E-state index in [-0.39, 0.29) is 0 Å². The molecule has 2 unspecified atom stereocenters. The smallest absolute Gasteiger partial charge is 0.0158 e. The van der Waals surface area contributed by atoms with Crippen molar-refractivity contribution >= 4 is 11.8 Å². The first kappa shape index (κ1) is 16.3. The molecule has 0 aromatic heterocycles. The molecule has 1 heterocycles. The Hall–Kier alpha value is 0.270. The van der Waals surface area contributed by atoms with Crippen LogP contribution in [0.25, 0.3) is 0 Å². The van der Waals surface area contributed by atoms with Crippen LogP contribution >= 0.6 is 11.8 Å². The minimum absolute atomic E-state index is 0.422. The lowest BCUT2D eigenvalue weighted by Gasteiger charge is -2.40. The Morgan fingerprint density at radius 3 is 2.72 bits per heavy atom. The molecule has 0 aromatic carbocycles. The van der Waals surface area contributed by atoms with Crippen LogP contribution in [-0.2, 0) is 0 Å². The van der Waals surface area contributed by atoms with Gasteiger partial charge in [-0.15, -0.1) is 0 Å². The van der Waals surface area contributed by atoms with E-state index < -0.39 is 0 Å². The van der Waals surface area contributed by atoms with Crippen molar-refractivity contribution < 1.29 is 0 Å². The third kappa shape index (κ3) is 5.50. The van der Waals surface area contributed by atoms with E-state index in [1.54, 1.807) is 0 Å². The first-order valence-electron chi connectivity index (χ1n) is 7.49. The van der Waals surface area contributed by atoms with Gasteiger partial charge in [-0.05, 0) is 31.2 Å². The molecule has 0 bridgehead atoms. The molecule has 2 nitrogen and oxygen atoms in total. The van der Waals surface area contributed by atoms with Gasteiger partial charge < -0.3 is 5.32 Å². The summed E-state index contributed by atoms with van der Waals surface area (Å²) in [5, 5.41) is 3.65. The fourth-order valence-corrected chi connectivity index (χ4v) is 3.52. The van der Waals surface area contributed by atoms with Crippen molar-refractivity contribution in [2.24, 2.45) is 11.3 Å². The second kappa shape index (κ2) is 7.76. The minimum atomic E-state index is 0.422. The highest BCUT2D eigenvalue weighted by atomic mass is 32.2. The maximum Gasteiger partial charge on any atom is 0.0158 e. The second-order valence-corrected chi connectivity index (χ2v) is 7.73. The lowest BCUT2D eigenvalue weighted by Crippen LogP contribution is -2.49. The normalized spacial score (nSPS) is 25.3. The fourth-order valence-electron chi connectivity index (χ4n) is 2.44. The molecular formula is C15H32N2S. The maximum absolute atomic E-state index is 3.65. The van der Waals surface area contributed by atoms with Crippen LogP contribution in [0.2, 0.25) is 0 Å². The predicted octanol–water partition coefficient (Wildman–Crippen LogP) is 3.09. The standard InChI is InChI=1S/C15H32N2S/c1-6-15(5,11-16-9-13(2)3)12-17-7-8-18-10-14(17)4/h13-14,16H,6-12H2,1-5H3. The predicted molar refractivity (Wildman–Crippen MR) is 84.5 cm³/mol. The highest BCUT2D eigenvalue weighted by Crippen LogP contribution is 2.25. The molecule has 0 aromatic rings. The van der Waals surface area contributed by atoms with Crippen LogP contribution in [-0.4, -0.2) is 48.6 Å². The van der Waals surface area contributed by atoms with Gasteiger partial charge in [0.1, 0.15) is 0 Å². The number of hydrogen-bond acceptors (Lipinski definition) is 3. The average Bonchev–Trinajstić information content (AvgIpc) is 2.32.